The van der Waals surface area contributed by atoms with Gasteiger partial charge < -0.3 is 21.0 Å². The minimum absolute atomic E-state index is 0.416. The molecule has 6 nitrogen and oxygen atoms in total. The molecule has 17 heavy (non-hydrogen) atoms. The topological polar surface area (TPSA) is 93.3 Å². The second-order valence-corrected chi connectivity index (χ2v) is 4.11. The fourth-order valence-corrected chi connectivity index (χ4v) is 1.95. The Kier molecular flexibility index (Phi) is 3.89. The molecule has 0 unspecified atom stereocenters. The van der Waals surface area contributed by atoms with E-state index in [2.05, 4.69) is 20.2 Å². The summed E-state index contributed by atoms with van der Waals surface area (Å²) in [5, 5.41) is 11.9. The summed E-state index contributed by atoms with van der Waals surface area (Å²) in [5.41, 5.74) is 7.63. The SMILES string of the molecule is [N-]=C[NH+]=C(N)c1ccc(CN2CCNCC2)[nH]1. The predicted octanol–water partition coefficient (Wildman–Crippen LogP) is -2.20. The fourth-order valence-electron chi connectivity index (χ4n) is 1.95. The molecule has 1 aromatic heterocycles. The lowest BCUT2D eigenvalue weighted by Crippen LogP contribution is -2.73. The van der Waals surface area contributed by atoms with Gasteiger partial charge in [-0.15, -0.1) is 5.41 Å². The molecule has 0 bridgehead atoms. The number of rotatable bonds is 4. The number of hydrogen-bond donors (Lipinski definition) is 4. The standard InChI is InChI=1S/C11H17N6/c12-8-15-11(13)10-2-1-9(16-10)7-17-5-3-14-4-6-17/h1-2,8,14,16H,3-7H2,(H2-,12,13,15)/q-1/p+1. The first kappa shape index (κ1) is 11.8. The van der Waals surface area contributed by atoms with E-state index in [1.807, 2.05) is 12.1 Å². The van der Waals surface area contributed by atoms with Crippen LogP contribution in [0.4, 0.5) is 0 Å². The van der Waals surface area contributed by atoms with Crippen molar-refractivity contribution in [3.63, 3.8) is 0 Å². The third-order valence-corrected chi connectivity index (χ3v) is 2.86. The van der Waals surface area contributed by atoms with E-state index < -0.39 is 0 Å². The minimum Gasteiger partial charge on any atom is -0.384 e. The second kappa shape index (κ2) is 5.60. The van der Waals surface area contributed by atoms with E-state index in [4.69, 9.17) is 11.1 Å². The van der Waals surface area contributed by atoms with Crippen LogP contribution < -0.4 is 16.0 Å². The van der Waals surface area contributed by atoms with Crippen LogP contribution in [0.1, 0.15) is 11.4 Å². The van der Waals surface area contributed by atoms with Crippen molar-refractivity contribution in [3.05, 3.63) is 28.9 Å². The van der Waals surface area contributed by atoms with E-state index in [0.717, 1.165) is 50.5 Å². The summed E-state index contributed by atoms with van der Waals surface area (Å²) in [4.78, 5) is 8.16. The molecule has 0 atom stereocenters. The van der Waals surface area contributed by atoms with Crippen LogP contribution in [-0.2, 0) is 6.54 Å². The van der Waals surface area contributed by atoms with Crippen LogP contribution in [0.2, 0.25) is 0 Å². The van der Waals surface area contributed by atoms with E-state index in [0.29, 0.717) is 5.84 Å². The summed E-state index contributed by atoms with van der Waals surface area (Å²) >= 11 is 0. The lowest BCUT2D eigenvalue weighted by molar-refractivity contribution is -0.301. The highest BCUT2D eigenvalue weighted by molar-refractivity contribution is 5.92. The highest BCUT2D eigenvalue weighted by Crippen LogP contribution is 2.05. The molecule has 1 aliphatic heterocycles. The van der Waals surface area contributed by atoms with Gasteiger partial charge in [0.2, 0.25) is 0 Å². The number of nitrogens with one attached hydrogen (secondary N) is 3. The van der Waals surface area contributed by atoms with Crippen LogP contribution in [-0.4, -0.2) is 48.2 Å². The molecule has 1 saturated heterocycles. The lowest BCUT2D eigenvalue weighted by Gasteiger charge is -2.26. The van der Waals surface area contributed by atoms with Gasteiger partial charge in [0.1, 0.15) is 12.2 Å². The van der Waals surface area contributed by atoms with Gasteiger partial charge >= 0.3 is 0 Å². The normalized spacial score (nSPS) is 18.2. The number of piperazine rings is 1. The highest BCUT2D eigenvalue weighted by Gasteiger charge is 2.11. The molecule has 5 N–H and O–H groups in total. The van der Waals surface area contributed by atoms with Crippen LogP contribution >= 0.6 is 0 Å². The highest BCUT2D eigenvalue weighted by atomic mass is 15.2. The lowest BCUT2D eigenvalue weighted by atomic mass is 10.3. The zero-order chi connectivity index (χ0) is 12.1. The summed E-state index contributed by atoms with van der Waals surface area (Å²) < 4.78 is 0. The zero-order valence-corrected chi connectivity index (χ0v) is 9.74. The largest absolute Gasteiger partial charge is 0.384 e. The maximum atomic E-state index is 8.60. The maximum Gasteiger partial charge on any atom is 0.125 e. The molecule has 0 spiro atoms. The fraction of sp³-hybridized carbons (Fsp3) is 0.455. The predicted molar refractivity (Wildman–Crippen MR) is 67.6 cm³/mol. The Balaban J connectivity index is 1.98. The van der Waals surface area contributed by atoms with Crippen molar-refractivity contribution in [2.45, 2.75) is 6.54 Å². The number of nitrogens with zero attached hydrogens (tertiary/aromatic N) is 2. The third-order valence-electron chi connectivity index (χ3n) is 2.86. The summed E-state index contributed by atoms with van der Waals surface area (Å²) in [5.74, 6) is 0.416. The van der Waals surface area contributed by atoms with Gasteiger partial charge in [-0.25, -0.2) is 0 Å². The zero-order valence-electron chi connectivity index (χ0n) is 9.74. The Morgan fingerprint density at radius 2 is 2.24 bits per heavy atom. The van der Waals surface area contributed by atoms with Crippen molar-refractivity contribution in [3.8, 4) is 0 Å². The first-order chi connectivity index (χ1) is 8.29. The summed E-state index contributed by atoms with van der Waals surface area (Å²) in [6.07, 6.45) is 0.826. The summed E-state index contributed by atoms with van der Waals surface area (Å²) in [6.45, 7) is 5.12. The van der Waals surface area contributed by atoms with Crippen LogP contribution in [0, 0.1) is 0 Å². The molecular formula is C11H18N6. The van der Waals surface area contributed by atoms with Crippen LogP contribution in [0.5, 0.6) is 0 Å². The average molecular weight is 234 g/mol. The number of aromatic amines is 1. The van der Waals surface area contributed by atoms with Crippen molar-refractivity contribution < 1.29 is 4.99 Å². The monoisotopic (exact) mass is 234 g/mol. The average Bonchev–Trinajstić information content (AvgIpc) is 2.79. The quantitative estimate of drug-likeness (QED) is 0.352. The molecule has 1 aromatic rings. The van der Waals surface area contributed by atoms with E-state index in [1.165, 1.54) is 0 Å². The van der Waals surface area contributed by atoms with Gasteiger partial charge in [-0.1, -0.05) is 0 Å². The van der Waals surface area contributed by atoms with Gasteiger partial charge in [-0.2, -0.15) is 0 Å². The van der Waals surface area contributed by atoms with Crippen molar-refractivity contribution in [2.75, 3.05) is 26.2 Å². The van der Waals surface area contributed by atoms with E-state index in [9.17, 15) is 0 Å². The molecule has 2 heterocycles. The van der Waals surface area contributed by atoms with Crippen LogP contribution in [0.25, 0.3) is 5.41 Å². The van der Waals surface area contributed by atoms with Crippen molar-refractivity contribution in [1.29, 1.82) is 0 Å². The molecule has 0 radical (unpaired) electrons. The second-order valence-electron chi connectivity index (χ2n) is 4.11. The van der Waals surface area contributed by atoms with Gasteiger partial charge in [0.05, 0.1) is 5.69 Å². The third kappa shape index (κ3) is 3.15. The van der Waals surface area contributed by atoms with E-state index in [-0.39, 0.29) is 0 Å². The Morgan fingerprint density at radius 3 is 2.94 bits per heavy atom. The minimum atomic E-state index is 0.416. The summed E-state index contributed by atoms with van der Waals surface area (Å²) in [6, 6.07) is 3.92. The Hall–Kier alpha value is -1.66. The number of H-pyrrole nitrogens is 1. The van der Waals surface area contributed by atoms with Gasteiger partial charge in [0, 0.05) is 38.4 Å². The number of aromatic nitrogens is 1. The van der Waals surface area contributed by atoms with Crippen LogP contribution in [0.3, 0.4) is 0 Å². The van der Waals surface area contributed by atoms with Gasteiger partial charge in [0.15, 0.2) is 0 Å². The molecule has 1 fully saturated rings. The van der Waals surface area contributed by atoms with Crippen molar-refractivity contribution >= 4 is 12.2 Å². The molecule has 0 amide bonds. The van der Waals surface area contributed by atoms with Crippen LogP contribution in [0.15, 0.2) is 12.1 Å². The molecule has 0 aromatic carbocycles. The number of amidine groups is 1. The molecular weight excluding hydrogens is 216 g/mol. The molecule has 2 rings (SSSR count). The Labute approximate surface area is 100 Å². The van der Waals surface area contributed by atoms with E-state index >= 15 is 0 Å². The summed E-state index contributed by atoms with van der Waals surface area (Å²) in [7, 11) is 0. The number of nitrogens with two attached hydrogens (primary N) is 1. The van der Waals surface area contributed by atoms with Crippen molar-refractivity contribution in [1.82, 2.24) is 15.2 Å². The van der Waals surface area contributed by atoms with Gasteiger partial charge in [-0.05, 0) is 12.1 Å². The van der Waals surface area contributed by atoms with E-state index in [1.54, 1.807) is 0 Å². The molecule has 6 heteroatoms. The molecule has 1 aliphatic rings. The first-order valence-electron chi connectivity index (χ1n) is 5.76. The van der Waals surface area contributed by atoms with Gasteiger partial charge in [0.25, 0.3) is 0 Å². The Bertz CT molecular complexity index is 402. The van der Waals surface area contributed by atoms with Gasteiger partial charge in [-0.3, -0.25) is 4.90 Å². The number of hydrogen-bond acceptors (Lipinski definition) is 2. The smallest absolute Gasteiger partial charge is 0.125 e. The maximum absolute atomic E-state index is 8.60. The molecule has 0 aliphatic carbocycles. The molecule has 0 saturated carbocycles. The first-order valence-corrected chi connectivity index (χ1v) is 5.76. The van der Waals surface area contributed by atoms with Crippen molar-refractivity contribution in [2.24, 2.45) is 5.73 Å². The molecule has 92 valence electrons. The number of nitrogen functional groups attached to an aromatic ring is 1. The Morgan fingerprint density at radius 1 is 1.47 bits per heavy atom.